The van der Waals surface area contributed by atoms with Crippen molar-refractivity contribution in [2.45, 2.75) is 47.1 Å². The normalized spacial score (nSPS) is 18.6. The second-order valence-electron chi connectivity index (χ2n) is 8.35. The van der Waals surface area contributed by atoms with Gasteiger partial charge >= 0.3 is 5.97 Å². The van der Waals surface area contributed by atoms with Crippen LogP contribution >= 0.6 is 11.8 Å². The Kier molecular flexibility index (Phi) is 8.09. The van der Waals surface area contributed by atoms with Crippen LogP contribution in [0.25, 0.3) is 0 Å². The number of nitrogens with zero attached hydrogens (tertiary/aromatic N) is 1. The van der Waals surface area contributed by atoms with E-state index >= 15 is 0 Å². The number of rotatable bonds is 7. The van der Waals surface area contributed by atoms with Crippen LogP contribution in [0.1, 0.15) is 32.1 Å². The van der Waals surface area contributed by atoms with Crippen molar-refractivity contribution in [2.24, 2.45) is 0 Å². The van der Waals surface area contributed by atoms with E-state index in [1.807, 2.05) is 18.2 Å². The molecule has 4 rings (SSSR count). The molecule has 1 fully saturated rings. The first-order chi connectivity index (χ1) is 16.8. The van der Waals surface area contributed by atoms with Crippen LogP contribution in [0.4, 0.5) is 11.4 Å². The highest BCUT2D eigenvalue weighted by molar-refractivity contribution is 8.01. The van der Waals surface area contributed by atoms with Gasteiger partial charge in [-0.1, -0.05) is 31.0 Å². The molecular formula is C24H27N3O6S2. The van der Waals surface area contributed by atoms with Crippen LogP contribution in [0, 0.1) is 0 Å². The van der Waals surface area contributed by atoms with Crippen molar-refractivity contribution < 1.29 is 27.5 Å². The van der Waals surface area contributed by atoms with Gasteiger partial charge in [-0.3, -0.25) is 14.4 Å². The van der Waals surface area contributed by atoms with Crippen LogP contribution in [0.15, 0.2) is 58.3 Å². The minimum atomic E-state index is -3.66. The van der Waals surface area contributed by atoms with E-state index in [4.69, 9.17) is 4.74 Å². The standard InChI is InChI=1S/C24H27N3O6S2/c28-22(16-33-23(29)15-21-24(30)26-19-10-3-4-11-20(19)34-21)25-17-8-7-9-18(14-17)35(31,32)27-12-5-1-2-6-13-27/h3-4,7-11,14,21H,1-2,5-6,12-13,15-16H2,(H,25,28)(H,26,30)/t21-/m0/s1. The molecule has 186 valence electrons. The number of carbonyl (C=O) groups is 3. The predicted octanol–water partition coefficient (Wildman–Crippen LogP) is 3.24. The van der Waals surface area contributed by atoms with Crippen LogP contribution < -0.4 is 10.6 Å². The van der Waals surface area contributed by atoms with Gasteiger partial charge < -0.3 is 15.4 Å². The number of ether oxygens (including phenoxy) is 1. The second-order valence-corrected chi connectivity index (χ2v) is 11.5. The fraction of sp³-hybridized carbons (Fsp3) is 0.375. The minimum absolute atomic E-state index is 0.106. The SMILES string of the molecule is O=C(COC(=O)C[C@@H]1Sc2ccccc2NC1=O)Nc1cccc(S(=O)(=O)N2CCCCCC2)c1. The maximum absolute atomic E-state index is 13.0. The number of nitrogens with one attached hydrogen (secondary N) is 2. The third kappa shape index (κ3) is 6.41. The zero-order chi connectivity index (χ0) is 24.8. The third-order valence-corrected chi connectivity index (χ3v) is 8.91. The average Bonchev–Trinajstić information content (AvgIpc) is 3.14. The Morgan fingerprint density at radius 3 is 2.57 bits per heavy atom. The summed E-state index contributed by atoms with van der Waals surface area (Å²) < 4.78 is 32.5. The maximum atomic E-state index is 13.0. The number of carbonyl (C=O) groups excluding carboxylic acids is 3. The van der Waals surface area contributed by atoms with E-state index in [1.165, 1.54) is 28.2 Å². The smallest absolute Gasteiger partial charge is 0.307 e. The number of amides is 2. The summed E-state index contributed by atoms with van der Waals surface area (Å²) in [6.45, 7) is 0.424. The summed E-state index contributed by atoms with van der Waals surface area (Å²) in [4.78, 5) is 37.8. The Balaban J connectivity index is 1.29. The summed E-state index contributed by atoms with van der Waals surface area (Å²) in [5.74, 6) is -1.57. The van der Waals surface area contributed by atoms with Crippen molar-refractivity contribution in [3.05, 3.63) is 48.5 Å². The Hall–Kier alpha value is -2.89. The summed E-state index contributed by atoms with van der Waals surface area (Å²) in [6, 6.07) is 13.3. The van der Waals surface area contributed by atoms with Crippen LogP contribution in [0.2, 0.25) is 0 Å². The number of sulfonamides is 1. The van der Waals surface area contributed by atoms with E-state index in [0.717, 1.165) is 30.6 Å². The number of benzene rings is 2. The number of hydrogen-bond acceptors (Lipinski definition) is 7. The molecule has 9 nitrogen and oxygen atoms in total. The van der Waals surface area contributed by atoms with Gasteiger partial charge in [-0.05, 0) is 43.2 Å². The van der Waals surface area contributed by atoms with Gasteiger partial charge in [0.25, 0.3) is 5.91 Å². The van der Waals surface area contributed by atoms with Crippen molar-refractivity contribution in [1.82, 2.24) is 4.31 Å². The predicted molar refractivity (Wildman–Crippen MR) is 133 cm³/mol. The van der Waals surface area contributed by atoms with Crippen molar-refractivity contribution in [3.8, 4) is 0 Å². The molecule has 1 saturated heterocycles. The van der Waals surface area contributed by atoms with Crippen LogP contribution in [0.3, 0.4) is 0 Å². The molecule has 2 amide bonds. The molecular weight excluding hydrogens is 490 g/mol. The maximum Gasteiger partial charge on any atom is 0.307 e. The van der Waals surface area contributed by atoms with Gasteiger partial charge in [0.05, 0.1) is 22.3 Å². The van der Waals surface area contributed by atoms with Gasteiger partial charge in [-0.15, -0.1) is 11.8 Å². The van der Waals surface area contributed by atoms with Crippen molar-refractivity contribution in [2.75, 3.05) is 30.3 Å². The van der Waals surface area contributed by atoms with Gasteiger partial charge in [-0.2, -0.15) is 4.31 Å². The summed E-state index contributed by atoms with van der Waals surface area (Å²) in [7, 11) is -3.66. The van der Waals surface area contributed by atoms with E-state index in [9.17, 15) is 22.8 Å². The van der Waals surface area contributed by atoms with E-state index in [1.54, 1.807) is 18.2 Å². The molecule has 2 N–H and O–H groups in total. The van der Waals surface area contributed by atoms with E-state index in [-0.39, 0.29) is 17.2 Å². The van der Waals surface area contributed by atoms with Crippen molar-refractivity contribution in [1.29, 1.82) is 0 Å². The molecule has 0 radical (unpaired) electrons. The van der Waals surface area contributed by atoms with Crippen molar-refractivity contribution >= 4 is 50.9 Å². The third-order valence-electron chi connectivity index (χ3n) is 5.74. The lowest BCUT2D eigenvalue weighted by Gasteiger charge is -2.23. The van der Waals surface area contributed by atoms with Gasteiger partial charge in [0.15, 0.2) is 6.61 Å². The molecule has 0 aliphatic carbocycles. The zero-order valence-electron chi connectivity index (χ0n) is 19.1. The highest BCUT2D eigenvalue weighted by Crippen LogP contribution is 2.36. The molecule has 2 aromatic rings. The molecule has 0 unspecified atom stereocenters. The number of thioether (sulfide) groups is 1. The molecule has 2 aromatic carbocycles. The van der Waals surface area contributed by atoms with Gasteiger partial charge in [0.1, 0.15) is 0 Å². The van der Waals surface area contributed by atoms with Crippen LogP contribution in [-0.4, -0.2) is 55.5 Å². The Bertz CT molecular complexity index is 1210. The Morgan fingerprint density at radius 1 is 1.06 bits per heavy atom. The summed E-state index contributed by atoms with van der Waals surface area (Å²) in [5.41, 5.74) is 0.993. The average molecular weight is 518 g/mol. The van der Waals surface area contributed by atoms with E-state index in [2.05, 4.69) is 10.6 Å². The van der Waals surface area contributed by atoms with E-state index < -0.39 is 33.8 Å². The number of anilines is 2. The number of para-hydroxylation sites is 1. The molecule has 2 heterocycles. The number of esters is 1. The van der Waals surface area contributed by atoms with Crippen LogP contribution in [0.5, 0.6) is 0 Å². The largest absolute Gasteiger partial charge is 0.456 e. The first kappa shape index (κ1) is 25.2. The highest BCUT2D eigenvalue weighted by Gasteiger charge is 2.30. The molecule has 2 aliphatic heterocycles. The number of fused-ring (bicyclic) bond motifs is 1. The lowest BCUT2D eigenvalue weighted by atomic mass is 10.2. The Labute approximate surface area is 208 Å². The molecule has 0 spiro atoms. The fourth-order valence-corrected chi connectivity index (χ4v) is 6.60. The van der Waals surface area contributed by atoms with Crippen LogP contribution in [-0.2, 0) is 29.1 Å². The van der Waals surface area contributed by atoms with Gasteiger partial charge in [-0.25, -0.2) is 8.42 Å². The quantitative estimate of drug-likeness (QED) is 0.541. The summed E-state index contributed by atoms with van der Waals surface area (Å²) in [6.07, 6.45) is 3.50. The first-order valence-corrected chi connectivity index (χ1v) is 13.8. The molecule has 0 saturated carbocycles. The minimum Gasteiger partial charge on any atom is -0.456 e. The molecule has 11 heteroatoms. The topological polar surface area (TPSA) is 122 Å². The molecule has 1 atom stereocenters. The highest BCUT2D eigenvalue weighted by atomic mass is 32.2. The Morgan fingerprint density at radius 2 is 1.80 bits per heavy atom. The van der Waals surface area contributed by atoms with E-state index in [0.29, 0.717) is 24.5 Å². The summed E-state index contributed by atoms with van der Waals surface area (Å²) in [5, 5.41) is 4.67. The van der Waals surface area contributed by atoms with Gasteiger partial charge in [0, 0.05) is 23.7 Å². The number of hydrogen-bond donors (Lipinski definition) is 2. The lowest BCUT2D eigenvalue weighted by Crippen LogP contribution is -2.32. The first-order valence-electron chi connectivity index (χ1n) is 11.5. The fourth-order valence-electron chi connectivity index (χ4n) is 3.95. The molecule has 0 bridgehead atoms. The van der Waals surface area contributed by atoms with Crippen molar-refractivity contribution in [3.63, 3.8) is 0 Å². The van der Waals surface area contributed by atoms with Gasteiger partial charge in [0.2, 0.25) is 15.9 Å². The molecule has 0 aromatic heterocycles. The summed E-state index contributed by atoms with van der Waals surface area (Å²) >= 11 is 1.27. The molecule has 35 heavy (non-hydrogen) atoms. The molecule has 2 aliphatic rings. The monoisotopic (exact) mass is 517 g/mol. The second kappa shape index (κ2) is 11.2. The lowest BCUT2D eigenvalue weighted by molar-refractivity contribution is -0.147. The zero-order valence-corrected chi connectivity index (χ0v) is 20.7.